The number of benzene rings is 2. The number of hydrogen-bond donors (Lipinski definition) is 0. The Bertz CT molecular complexity index is 644. The lowest BCUT2D eigenvalue weighted by atomic mass is 9.91. The Morgan fingerprint density at radius 2 is 1.84 bits per heavy atom. The summed E-state index contributed by atoms with van der Waals surface area (Å²) in [6, 6.07) is 16.9. The van der Waals surface area contributed by atoms with Gasteiger partial charge < -0.3 is 0 Å². The minimum Gasteiger partial charge on any atom is -0.292 e. The van der Waals surface area contributed by atoms with E-state index in [1.54, 1.807) is 6.07 Å². The molecule has 0 saturated carbocycles. The number of aryl methyl sites for hydroxylation is 1. The molecule has 1 unspecified atom stereocenters. The Morgan fingerprint density at radius 3 is 2.47 bits per heavy atom. The molecular formula is C16H12INO. The normalized spacial score (nSPS) is 11.6. The van der Waals surface area contributed by atoms with Gasteiger partial charge in [0.1, 0.15) is 5.92 Å². The molecule has 2 nitrogen and oxygen atoms in total. The van der Waals surface area contributed by atoms with Crippen LogP contribution in [-0.4, -0.2) is 5.78 Å². The van der Waals surface area contributed by atoms with Crippen molar-refractivity contribution in [2.45, 2.75) is 12.8 Å². The first kappa shape index (κ1) is 13.8. The maximum absolute atomic E-state index is 12.5. The Hall–Kier alpha value is -1.67. The van der Waals surface area contributed by atoms with Crippen LogP contribution in [0.4, 0.5) is 0 Å². The lowest BCUT2D eigenvalue weighted by Gasteiger charge is -2.11. The molecule has 0 spiro atoms. The molecule has 0 amide bonds. The van der Waals surface area contributed by atoms with Crippen molar-refractivity contribution < 1.29 is 4.79 Å². The Kier molecular flexibility index (Phi) is 4.33. The Labute approximate surface area is 126 Å². The summed E-state index contributed by atoms with van der Waals surface area (Å²) in [5.41, 5.74) is 2.42. The SMILES string of the molecule is Cc1cccc(C(=O)C(C#N)c2ccccc2)c1I. The average molecular weight is 361 g/mol. The summed E-state index contributed by atoms with van der Waals surface area (Å²) in [5, 5.41) is 9.30. The highest BCUT2D eigenvalue weighted by molar-refractivity contribution is 14.1. The molecule has 2 aromatic carbocycles. The molecule has 94 valence electrons. The molecule has 2 aromatic rings. The van der Waals surface area contributed by atoms with Crippen molar-refractivity contribution in [2.24, 2.45) is 0 Å². The maximum Gasteiger partial charge on any atom is 0.185 e. The number of Topliss-reactive ketones (excluding diaryl/α,β-unsaturated/α-hetero) is 1. The molecule has 1 atom stereocenters. The van der Waals surface area contributed by atoms with Crippen LogP contribution in [0.2, 0.25) is 0 Å². The quantitative estimate of drug-likeness (QED) is 0.610. The number of carbonyl (C=O) groups excluding carboxylic acids is 1. The first-order chi connectivity index (χ1) is 9.15. The van der Waals surface area contributed by atoms with Crippen LogP contribution < -0.4 is 0 Å². The lowest BCUT2D eigenvalue weighted by molar-refractivity contribution is 0.0978. The van der Waals surface area contributed by atoms with Gasteiger partial charge in [-0.05, 0) is 40.6 Å². The van der Waals surface area contributed by atoms with Crippen LogP contribution >= 0.6 is 22.6 Å². The molecule has 0 fully saturated rings. The molecule has 2 rings (SSSR count). The van der Waals surface area contributed by atoms with Crippen LogP contribution in [0.25, 0.3) is 0 Å². The summed E-state index contributed by atoms with van der Waals surface area (Å²) in [4.78, 5) is 12.5. The summed E-state index contributed by atoms with van der Waals surface area (Å²) in [6.45, 7) is 1.96. The van der Waals surface area contributed by atoms with Crippen molar-refractivity contribution in [1.82, 2.24) is 0 Å². The van der Waals surface area contributed by atoms with E-state index in [0.717, 1.165) is 14.7 Å². The monoisotopic (exact) mass is 361 g/mol. The van der Waals surface area contributed by atoms with E-state index in [1.165, 1.54) is 0 Å². The Morgan fingerprint density at radius 1 is 1.16 bits per heavy atom. The fourth-order valence-electron chi connectivity index (χ4n) is 1.92. The van der Waals surface area contributed by atoms with Crippen LogP contribution in [0.3, 0.4) is 0 Å². The molecule has 0 N–H and O–H groups in total. The van der Waals surface area contributed by atoms with Crippen molar-refractivity contribution in [3.8, 4) is 6.07 Å². The molecule has 0 aliphatic carbocycles. The van der Waals surface area contributed by atoms with Gasteiger partial charge in [0.05, 0.1) is 6.07 Å². The number of nitrogens with zero attached hydrogens (tertiary/aromatic N) is 1. The fraction of sp³-hybridized carbons (Fsp3) is 0.125. The fourth-order valence-corrected chi connectivity index (χ4v) is 2.55. The third-order valence-corrected chi connectivity index (χ3v) is 4.41. The first-order valence-corrected chi connectivity index (χ1v) is 6.97. The van der Waals surface area contributed by atoms with Crippen molar-refractivity contribution in [3.63, 3.8) is 0 Å². The number of nitriles is 1. The molecule has 0 saturated heterocycles. The number of carbonyl (C=O) groups is 1. The minimum absolute atomic E-state index is 0.137. The summed E-state index contributed by atoms with van der Waals surface area (Å²) < 4.78 is 0.918. The van der Waals surface area contributed by atoms with E-state index in [9.17, 15) is 10.1 Å². The van der Waals surface area contributed by atoms with Crippen LogP contribution in [-0.2, 0) is 0 Å². The predicted molar refractivity (Wildman–Crippen MR) is 83.0 cm³/mol. The van der Waals surface area contributed by atoms with Crippen molar-refractivity contribution in [3.05, 3.63) is 68.8 Å². The van der Waals surface area contributed by atoms with E-state index in [-0.39, 0.29) is 5.78 Å². The highest BCUT2D eigenvalue weighted by atomic mass is 127. The molecule has 19 heavy (non-hydrogen) atoms. The van der Waals surface area contributed by atoms with Crippen LogP contribution in [0.5, 0.6) is 0 Å². The van der Waals surface area contributed by atoms with Gasteiger partial charge in [0.25, 0.3) is 0 Å². The smallest absolute Gasteiger partial charge is 0.185 e. The van der Waals surface area contributed by atoms with Crippen molar-refractivity contribution in [2.75, 3.05) is 0 Å². The zero-order chi connectivity index (χ0) is 13.8. The van der Waals surface area contributed by atoms with Crippen LogP contribution in [0.15, 0.2) is 48.5 Å². The van der Waals surface area contributed by atoms with Gasteiger partial charge in [0.2, 0.25) is 0 Å². The molecule has 0 aliphatic heterocycles. The van der Waals surface area contributed by atoms with E-state index in [2.05, 4.69) is 28.7 Å². The van der Waals surface area contributed by atoms with Crippen molar-refractivity contribution in [1.29, 1.82) is 5.26 Å². The third-order valence-electron chi connectivity index (χ3n) is 2.98. The topological polar surface area (TPSA) is 40.9 Å². The van der Waals surface area contributed by atoms with E-state index >= 15 is 0 Å². The largest absolute Gasteiger partial charge is 0.292 e. The number of halogens is 1. The molecule has 0 aliphatic rings. The molecule has 0 bridgehead atoms. The summed E-state index contributed by atoms with van der Waals surface area (Å²) >= 11 is 2.16. The minimum atomic E-state index is -0.739. The zero-order valence-corrected chi connectivity index (χ0v) is 12.6. The van der Waals surface area contributed by atoms with Crippen LogP contribution in [0, 0.1) is 21.8 Å². The van der Waals surface area contributed by atoms with Gasteiger partial charge >= 0.3 is 0 Å². The van der Waals surface area contributed by atoms with E-state index in [0.29, 0.717) is 5.56 Å². The zero-order valence-electron chi connectivity index (χ0n) is 10.4. The van der Waals surface area contributed by atoms with Gasteiger partial charge in [-0.25, -0.2) is 0 Å². The van der Waals surface area contributed by atoms with Crippen molar-refractivity contribution >= 4 is 28.4 Å². The second-order valence-corrected chi connectivity index (χ2v) is 5.35. The number of hydrogen-bond acceptors (Lipinski definition) is 2. The maximum atomic E-state index is 12.5. The summed E-state index contributed by atoms with van der Waals surface area (Å²) in [5.74, 6) is -0.877. The Balaban J connectivity index is 2.43. The van der Waals surface area contributed by atoms with E-state index in [4.69, 9.17) is 0 Å². The molecule has 3 heteroatoms. The highest BCUT2D eigenvalue weighted by Gasteiger charge is 2.23. The number of rotatable bonds is 3. The summed E-state index contributed by atoms with van der Waals surface area (Å²) in [7, 11) is 0. The lowest BCUT2D eigenvalue weighted by Crippen LogP contribution is -2.13. The van der Waals surface area contributed by atoms with Gasteiger partial charge in [0, 0.05) is 9.13 Å². The molecule has 0 radical (unpaired) electrons. The van der Waals surface area contributed by atoms with E-state index < -0.39 is 5.92 Å². The standard InChI is InChI=1S/C16H12INO/c1-11-6-5-9-13(15(11)17)16(19)14(10-18)12-7-3-2-4-8-12/h2-9,14H,1H3. The third kappa shape index (κ3) is 2.85. The van der Waals surface area contributed by atoms with Crippen LogP contribution in [0.1, 0.15) is 27.4 Å². The number of ketones is 1. The predicted octanol–water partition coefficient (Wildman–Crippen LogP) is 4.09. The molecule has 0 heterocycles. The van der Waals surface area contributed by atoms with Gasteiger partial charge in [-0.3, -0.25) is 4.79 Å². The van der Waals surface area contributed by atoms with E-state index in [1.807, 2.05) is 49.4 Å². The van der Waals surface area contributed by atoms with Gasteiger partial charge in [-0.1, -0.05) is 48.5 Å². The van der Waals surface area contributed by atoms with Gasteiger partial charge in [-0.2, -0.15) is 5.26 Å². The van der Waals surface area contributed by atoms with Gasteiger partial charge in [-0.15, -0.1) is 0 Å². The second kappa shape index (κ2) is 5.98. The molecule has 0 aromatic heterocycles. The summed E-state index contributed by atoms with van der Waals surface area (Å²) in [6.07, 6.45) is 0. The first-order valence-electron chi connectivity index (χ1n) is 5.89. The second-order valence-electron chi connectivity index (χ2n) is 4.27. The molecular weight excluding hydrogens is 349 g/mol. The van der Waals surface area contributed by atoms with Gasteiger partial charge in [0.15, 0.2) is 5.78 Å². The average Bonchev–Trinajstić information content (AvgIpc) is 2.44. The highest BCUT2D eigenvalue weighted by Crippen LogP contribution is 2.24.